The number of benzene rings is 1. The summed E-state index contributed by atoms with van der Waals surface area (Å²) in [4.78, 5) is 19.0. The molecule has 0 fully saturated rings. The summed E-state index contributed by atoms with van der Waals surface area (Å²) >= 11 is 0. The van der Waals surface area contributed by atoms with E-state index in [4.69, 9.17) is 0 Å². The highest BCUT2D eigenvalue weighted by atomic mass is 16.3. The molecule has 1 amide bonds. The largest absolute Gasteiger partial charge is 0.394 e. The molecule has 0 spiro atoms. The number of rotatable bonds is 7. The average molecular weight is 350 g/mol. The molecule has 1 unspecified atom stereocenters. The molecule has 0 radical (unpaired) electrons. The maximum atomic E-state index is 13.2. The van der Waals surface area contributed by atoms with Crippen molar-refractivity contribution in [3.05, 3.63) is 78.4 Å². The van der Waals surface area contributed by atoms with E-state index in [0.717, 1.165) is 11.3 Å². The maximum Gasteiger partial charge on any atom is 0.254 e. The molecule has 0 aliphatic rings. The van der Waals surface area contributed by atoms with Crippen molar-refractivity contribution < 1.29 is 9.90 Å². The second kappa shape index (κ2) is 8.40. The van der Waals surface area contributed by atoms with Crippen molar-refractivity contribution in [3.63, 3.8) is 0 Å². The molecular weight excluding hydrogens is 328 g/mol. The van der Waals surface area contributed by atoms with E-state index in [2.05, 4.69) is 10.1 Å². The van der Waals surface area contributed by atoms with Gasteiger partial charge < -0.3 is 10.0 Å². The third-order valence-electron chi connectivity index (χ3n) is 4.32. The Morgan fingerprint density at radius 1 is 1.23 bits per heavy atom. The third-order valence-corrected chi connectivity index (χ3v) is 4.32. The lowest BCUT2D eigenvalue weighted by molar-refractivity contribution is 0.0563. The van der Waals surface area contributed by atoms with Gasteiger partial charge in [0.05, 0.1) is 18.3 Å². The molecule has 0 aliphatic heterocycles. The van der Waals surface area contributed by atoms with Crippen LogP contribution < -0.4 is 0 Å². The average Bonchev–Trinajstić information content (AvgIpc) is 3.23. The van der Waals surface area contributed by atoms with Crippen molar-refractivity contribution in [1.29, 1.82) is 0 Å². The molecule has 2 heterocycles. The smallest absolute Gasteiger partial charge is 0.254 e. The summed E-state index contributed by atoms with van der Waals surface area (Å²) in [5, 5.41) is 14.0. The lowest BCUT2D eigenvalue weighted by Crippen LogP contribution is -2.41. The van der Waals surface area contributed by atoms with Crippen LogP contribution in [0.3, 0.4) is 0 Å². The molecule has 2 aromatic heterocycles. The molecule has 0 aliphatic carbocycles. The first-order valence-corrected chi connectivity index (χ1v) is 8.63. The maximum absolute atomic E-state index is 13.2. The first-order valence-electron chi connectivity index (χ1n) is 8.63. The van der Waals surface area contributed by atoms with Gasteiger partial charge in [-0.15, -0.1) is 0 Å². The highest BCUT2D eigenvalue weighted by Gasteiger charge is 2.23. The van der Waals surface area contributed by atoms with Crippen LogP contribution in [0.15, 0.2) is 67.3 Å². The summed E-state index contributed by atoms with van der Waals surface area (Å²) in [5.74, 6) is -0.122. The summed E-state index contributed by atoms with van der Waals surface area (Å²) in [7, 11) is 0. The summed E-state index contributed by atoms with van der Waals surface area (Å²) in [6, 6.07) is 12.7. The second-order valence-electron chi connectivity index (χ2n) is 6.04. The highest BCUT2D eigenvalue weighted by Crippen LogP contribution is 2.17. The zero-order valence-electron chi connectivity index (χ0n) is 14.7. The van der Waals surface area contributed by atoms with Gasteiger partial charge >= 0.3 is 0 Å². The van der Waals surface area contributed by atoms with Gasteiger partial charge in [-0.1, -0.05) is 19.1 Å². The predicted octanol–water partition coefficient (Wildman–Crippen LogP) is 2.68. The highest BCUT2D eigenvalue weighted by molar-refractivity contribution is 5.95. The number of pyridine rings is 1. The lowest BCUT2D eigenvalue weighted by Gasteiger charge is -2.30. The van der Waals surface area contributed by atoms with E-state index >= 15 is 0 Å². The van der Waals surface area contributed by atoms with Crippen LogP contribution >= 0.6 is 0 Å². The number of amides is 1. The Morgan fingerprint density at radius 3 is 2.77 bits per heavy atom. The molecule has 26 heavy (non-hydrogen) atoms. The van der Waals surface area contributed by atoms with Crippen LogP contribution in [0.25, 0.3) is 5.69 Å². The van der Waals surface area contributed by atoms with Crippen LogP contribution in [0, 0.1) is 0 Å². The van der Waals surface area contributed by atoms with E-state index in [1.54, 1.807) is 34.2 Å². The Balaban J connectivity index is 1.91. The molecule has 6 heteroatoms. The zero-order valence-corrected chi connectivity index (χ0v) is 14.7. The predicted molar refractivity (Wildman–Crippen MR) is 98.8 cm³/mol. The van der Waals surface area contributed by atoms with E-state index in [1.165, 1.54) is 0 Å². The van der Waals surface area contributed by atoms with Crippen molar-refractivity contribution in [2.24, 2.45) is 0 Å². The first kappa shape index (κ1) is 17.8. The monoisotopic (exact) mass is 350 g/mol. The number of hydrogen-bond donors (Lipinski definition) is 1. The fraction of sp³-hybridized carbons (Fsp3) is 0.250. The van der Waals surface area contributed by atoms with Gasteiger partial charge in [-0.25, -0.2) is 4.68 Å². The van der Waals surface area contributed by atoms with Crippen LogP contribution in [0.4, 0.5) is 0 Å². The number of carbonyl (C=O) groups is 1. The minimum absolute atomic E-state index is 0.0820. The molecule has 0 saturated carbocycles. The van der Waals surface area contributed by atoms with Gasteiger partial charge in [0.1, 0.15) is 0 Å². The Labute approximate surface area is 152 Å². The molecule has 3 aromatic rings. The van der Waals surface area contributed by atoms with Gasteiger partial charge in [0.2, 0.25) is 0 Å². The molecule has 1 atom stereocenters. The molecule has 1 N–H and O–H groups in total. The van der Waals surface area contributed by atoms with E-state index < -0.39 is 0 Å². The van der Waals surface area contributed by atoms with Crippen molar-refractivity contribution in [2.75, 3.05) is 6.61 Å². The Morgan fingerprint density at radius 2 is 2.12 bits per heavy atom. The summed E-state index contributed by atoms with van der Waals surface area (Å²) in [5.41, 5.74) is 2.31. The van der Waals surface area contributed by atoms with Crippen LogP contribution in [-0.4, -0.2) is 43.3 Å². The summed E-state index contributed by atoms with van der Waals surface area (Å²) in [6.07, 6.45) is 7.64. The fourth-order valence-electron chi connectivity index (χ4n) is 2.87. The summed E-state index contributed by atoms with van der Waals surface area (Å²) < 4.78 is 1.71. The van der Waals surface area contributed by atoms with Crippen LogP contribution in [0.2, 0.25) is 0 Å². The number of aliphatic hydroxyl groups is 1. The Hall–Kier alpha value is -2.99. The quantitative estimate of drug-likeness (QED) is 0.711. The molecule has 1 aromatic carbocycles. The van der Waals surface area contributed by atoms with E-state index in [0.29, 0.717) is 18.5 Å². The summed E-state index contributed by atoms with van der Waals surface area (Å²) in [6.45, 7) is 2.28. The first-order chi connectivity index (χ1) is 12.7. The zero-order chi connectivity index (χ0) is 18.4. The minimum Gasteiger partial charge on any atom is -0.394 e. The van der Waals surface area contributed by atoms with Crippen molar-refractivity contribution >= 4 is 5.91 Å². The van der Waals surface area contributed by atoms with Crippen LogP contribution in [0.5, 0.6) is 0 Å². The van der Waals surface area contributed by atoms with Gasteiger partial charge in [0.25, 0.3) is 5.91 Å². The molecule has 0 bridgehead atoms. The molecule has 3 rings (SSSR count). The number of nitrogens with zero attached hydrogens (tertiary/aromatic N) is 4. The second-order valence-corrected chi connectivity index (χ2v) is 6.04. The normalized spacial score (nSPS) is 11.9. The third kappa shape index (κ3) is 3.97. The van der Waals surface area contributed by atoms with E-state index in [1.807, 2.05) is 49.5 Å². The van der Waals surface area contributed by atoms with E-state index in [9.17, 15) is 9.90 Å². The van der Waals surface area contributed by atoms with Gasteiger partial charge in [-0.3, -0.25) is 9.78 Å². The number of aromatic nitrogens is 3. The van der Waals surface area contributed by atoms with E-state index in [-0.39, 0.29) is 18.6 Å². The number of aliphatic hydroxyl groups excluding tert-OH is 1. The van der Waals surface area contributed by atoms with Crippen molar-refractivity contribution in [1.82, 2.24) is 19.7 Å². The number of carbonyl (C=O) groups excluding carboxylic acids is 1. The van der Waals surface area contributed by atoms with Gasteiger partial charge in [0.15, 0.2) is 0 Å². The molecule has 0 saturated heterocycles. The van der Waals surface area contributed by atoms with Gasteiger partial charge in [0, 0.05) is 36.9 Å². The Kier molecular flexibility index (Phi) is 5.76. The lowest BCUT2D eigenvalue weighted by atomic mass is 10.1. The standard InChI is InChI=1S/C20H22N4O2/c1-2-18(15-25)23(14-16-6-4-9-21-13-16)20(26)17-7-3-8-19(12-17)24-11-5-10-22-24/h3-13,18,25H,2,14-15H2,1H3. The minimum atomic E-state index is -0.254. The molecule has 6 nitrogen and oxygen atoms in total. The SMILES string of the molecule is CCC(CO)N(Cc1cccnc1)C(=O)c1cccc(-n2cccn2)c1. The molecular formula is C20H22N4O2. The van der Waals surface area contributed by atoms with Crippen molar-refractivity contribution in [2.45, 2.75) is 25.9 Å². The van der Waals surface area contributed by atoms with Crippen LogP contribution in [0.1, 0.15) is 29.3 Å². The van der Waals surface area contributed by atoms with Crippen molar-refractivity contribution in [3.8, 4) is 5.69 Å². The fourth-order valence-corrected chi connectivity index (χ4v) is 2.87. The Bertz CT molecular complexity index is 830. The van der Waals surface area contributed by atoms with Gasteiger partial charge in [-0.2, -0.15) is 5.10 Å². The van der Waals surface area contributed by atoms with Crippen LogP contribution in [-0.2, 0) is 6.54 Å². The van der Waals surface area contributed by atoms with Gasteiger partial charge in [-0.05, 0) is 42.3 Å². The molecule has 134 valence electrons. The number of hydrogen-bond acceptors (Lipinski definition) is 4. The topological polar surface area (TPSA) is 71.2 Å².